The minimum Gasteiger partial charge on any atom is -0.377 e. The van der Waals surface area contributed by atoms with Gasteiger partial charge in [-0.2, -0.15) is 0 Å². The molecule has 1 atom stereocenters. The van der Waals surface area contributed by atoms with E-state index in [1.165, 1.54) is 6.42 Å². The van der Waals surface area contributed by atoms with Gasteiger partial charge in [0.15, 0.2) is 0 Å². The topological polar surface area (TPSA) is 12.5 Å². The van der Waals surface area contributed by atoms with Crippen LogP contribution >= 0.6 is 0 Å². The first-order valence-corrected chi connectivity index (χ1v) is 6.24. The highest BCUT2D eigenvalue weighted by molar-refractivity contribution is 5.22. The summed E-state index contributed by atoms with van der Waals surface area (Å²) in [4.78, 5) is 2.41. The average molecular weight is 227 g/mol. The van der Waals surface area contributed by atoms with Gasteiger partial charge in [0.2, 0.25) is 0 Å². The molecule has 92 valence electrons. The summed E-state index contributed by atoms with van der Waals surface area (Å²) in [6.45, 7) is 8.35. The third kappa shape index (κ3) is 2.16. The smallest absolute Gasteiger partial charge is 0.0974 e. The molecule has 0 aromatic heterocycles. The summed E-state index contributed by atoms with van der Waals surface area (Å²) < 4.78 is 19.1. The molecule has 0 spiro atoms. The maximum Gasteiger partial charge on any atom is 0.0974 e. The second-order valence-corrected chi connectivity index (χ2v) is 5.42. The SMILES string of the molecule is C/C(F)=C1\CN2CCCC2(COC(C)C)C1. The molecule has 2 nitrogen and oxygen atoms in total. The van der Waals surface area contributed by atoms with E-state index >= 15 is 0 Å². The van der Waals surface area contributed by atoms with Crippen LogP contribution in [0.15, 0.2) is 11.4 Å². The Morgan fingerprint density at radius 3 is 2.94 bits per heavy atom. The van der Waals surface area contributed by atoms with Crippen LogP contribution in [-0.4, -0.2) is 36.2 Å². The highest BCUT2D eigenvalue weighted by Crippen LogP contribution is 2.42. The Balaban J connectivity index is 2.09. The molecule has 0 N–H and O–H groups in total. The van der Waals surface area contributed by atoms with Gasteiger partial charge in [-0.25, -0.2) is 4.39 Å². The van der Waals surface area contributed by atoms with Gasteiger partial charge in [-0.3, -0.25) is 4.90 Å². The van der Waals surface area contributed by atoms with Gasteiger partial charge in [0.25, 0.3) is 0 Å². The van der Waals surface area contributed by atoms with Crippen molar-refractivity contribution >= 4 is 0 Å². The van der Waals surface area contributed by atoms with Crippen LogP contribution in [-0.2, 0) is 4.74 Å². The number of allylic oxidation sites excluding steroid dienone is 1. The molecule has 0 aromatic rings. The van der Waals surface area contributed by atoms with Crippen LogP contribution in [0.2, 0.25) is 0 Å². The lowest BCUT2D eigenvalue weighted by atomic mass is 9.93. The van der Waals surface area contributed by atoms with Crippen molar-refractivity contribution in [3.8, 4) is 0 Å². The second-order valence-electron chi connectivity index (χ2n) is 5.42. The van der Waals surface area contributed by atoms with Crippen molar-refractivity contribution in [2.75, 3.05) is 19.7 Å². The van der Waals surface area contributed by atoms with Crippen molar-refractivity contribution in [3.05, 3.63) is 11.4 Å². The summed E-state index contributed by atoms with van der Waals surface area (Å²) in [6, 6.07) is 0. The molecule has 0 amide bonds. The van der Waals surface area contributed by atoms with Gasteiger partial charge >= 0.3 is 0 Å². The predicted octanol–water partition coefficient (Wildman–Crippen LogP) is 2.89. The van der Waals surface area contributed by atoms with Gasteiger partial charge in [-0.05, 0) is 52.2 Å². The van der Waals surface area contributed by atoms with E-state index < -0.39 is 0 Å². The standard InChI is InChI=1S/C13H22FNO/c1-10(2)16-9-13-5-4-6-15(13)8-12(7-13)11(3)14/h10H,4-9H2,1-3H3/b12-11+. The van der Waals surface area contributed by atoms with Crippen LogP contribution in [0.4, 0.5) is 4.39 Å². The Bertz CT molecular complexity index is 296. The predicted molar refractivity (Wildman–Crippen MR) is 63.1 cm³/mol. The Hall–Kier alpha value is -0.410. The van der Waals surface area contributed by atoms with Crippen LogP contribution in [0.25, 0.3) is 0 Å². The lowest BCUT2D eigenvalue weighted by Gasteiger charge is -2.32. The van der Waals surface area contributed by atoms with E-state index in [-0.39, 0.29) is 17.5 Å². The minimum atomic E-state index is 0.0123. The number of halogens is 1. The third-order valence-electron chi connectivity index (χ3n) is 3.84. The summed E-state index contributed by atoms with van der Waals surface area (Å²) in [5.41, 5.74) is 1.08. The normalized spacial score (nSPS) is 33.6. The molecule has 1 unspecified atom stereocenters. The van der Waals surface area contributed by atoms with Crippen LogP contribution in [0.5, 0.6) is 0 Å². The lowest BCUT2D eigenvalue weighted by molar-refractivity contribution is 0.00328. The second kappa shape index (κ2) is 4.46. The summed E-state index contributed by atoms with van der Waals surface area (Å²) in [6.07, 6.45) is 3.50. The number of hydrogen-bond donors (Lipinski definition) is 0. The van der Waals surface area contributed by atoms with E-state index in [9.17, 15) is 4.39 Å². The molecule has 0 saturated carbocycles. The van der Waals surface area contributed by atoms with E-state index in [0.29, 0.717) is 0 Å². The fourth-order valence-electron chi connectivity index (χ4n) is 2.89. The molecule has 0 aromatic carbocycles. The Morgan fingerprint density at radius 1 is 1.56 bits per heavy atom. The maximum absolute atomic E-state index is 13.3. The van der Waals surface area contributed by atoms with Crippen LogP contribution in [0.1, 0.15) is 40.0 Å². The van der Waals surface area contributed by atoms with Crippen molar-refractivity contribution < 1.29 is 9.13 Å². The first kappa shape index (κ1) is 12.1. The summed E-state index contributed by atoms with van der Waals surface area (Å²) in [5.74, 6) is 0.0123. The number of ether oxygens (including phenoxy) is 1. The molecule has 3 heteroatoms. The van der Waals surface area contributed by atoms with Gasteiger partial charge in [-0.1, -0.05) is 0 Å². The summed E-state index contributed by atoms with van der Waals surface area (Å²) in [7, 11) is 0. The van der Waals surface area contributed by atoms with Crippen LogP contribution in [0, 0.1) is 0 Å². The summed E-state index contributed by atoms with van der Waals surface area (Å²) in [5, 5.41) is 0. The zero-order chi connectivity index (χ0) is 11.8. The zero-order valence-electron chi connectivity index (χ0n) is 10.6. The fourth-order valence-corrected chi connectivity index (χ4v) is 2.89. The molecule has 2 aliphatic heterocycles. The minimum absolute atomic E-state index is 0.0123. The number of fused-ring (bicyclic) bond motifs is 1. The molecular weight excluding hydrogens is 205 g/mol. The largest absolute Gasteiger partial charge is 0.377 e. The lowest BCUT2D eigenvalue weighted by Crippen LogP contribution is -2.43. The molecule has 2 heterocycles. The van der Waals surface area contributed by atoms with Gasteiger partial charge in [0, 0.05) is 12.1 Å². The van der Waals surface area contributed by atoms with Gasteiger partial charge in [0.1, 0.15) is 0 Å². The maximum atomic E-state index is 13.3. The van der Waals surface area contributed by atoms with Crippen molar-refractivity contribution in [2.45, 2.75) is 51.7 Å². The monoisotopic (exact) mass is 227 g/mol. The molecule has 0 aliphatic carbocycles. The number of nitrogens with zero attached hydrogens (tertiary/aromatic N) is 1. The van der Waals surface area contributed by atoms with E-state index in [2.05, 4.69) is 18.7 Å². The quantitative estimate of drug-likeness (QED) is 0.735. The molecule has 2 fully saturated rings. The van der Waals surface area contributed by atoms with Crippen LogP contribution in [0.3, 0.4) is 0 Å². The van der Waals surface area contributed by atoms with E-state index in [0.717, 1.165) is 38.1 Å². The van der Waals surface area contributed by atoms with E-state index in [1.807, 2.05) is 0 Å². The fraction of sp³-hybridized carbons (Fsp3) is 0.846. The molecule has 2 aliphatic rings. The molecule has 2 saturated heterocycles. The zero-order valence-corrected chi connectivity index (χ0v) is 10.6. The number of rotatable bonds is 3. The van der Waals surface area contributed by atoms with Gasteiger partial charge in [-0.15, -0.1) is 0 Å². The highest BCUT2D eigenvalue weighted by Gasteiger charge is 2.47. The molecule has 0 bridgehead atoms. The Kier molecular flexibility index (Phi) is 3.36. The number of hydrogen-bond acceptors (Lipinski definition) is 2. The van der Waals surface area contributed by atoms with Gasteiger partial charge < -0.3 is 4.74 Å². The third-order valence-corrected chi connectivity index (χ3v) is 3.84. The summed E-state index contributed by atoms with van der Waals surface area (Å²) >= 11 is 0. The first-order chi connectivity index (χ1) is 7.53. The molecule has 2 rings (SSSR count). The van der Waals surface area contributed by atoms with Crippen molar-refractivity contribution in [1.82, 2.24) is 4.90 Å². The Labute approximate surface area is 97.5 Å². The van der Waals surface area contributed by atoms with Crippen LogP contribution < -0.4 is 0 Å². The van der Waals surface area contributed by atoms with Crippen molar-refractivity contribution in [1.29, 1.82) is 0 Å². The van der Waals surface area contributed by atoms with E-state index in [1.54, 1.807) is 6.92 Å². The highest BCUT2D eigenvalue weighted by atomic mass is 19.1. The first-order valence-electron chi connectivity index (χ1n) is 6.24. The Morgan fingerprint density at radius 2 is 2.31 bits per heavy atom. The molecule has 16 heavy (non-hydrogen) atoms. The molecule has 0 radical (unpaired) electrons. The van der Waals surface area contributed by atoms with Crippen molar-refractivity contribution in [3.63, 3.8) is 0 Å². The van der Waals surface area contributed by atoms with E-state index in [4.69, 9.17) is 4.74 Å². The van der Waals surface area contributed by atoms with Crippen molar-refractivity contribution in [2.24, 2.45) is 0 Å². The average Bonchev–Trinajstić information content (AvgIpc) is 2.70. The molecular formula is C13H22FNO. The van der Waals surface area contributed by atoms with Gasteiger partial charge in [0.05, 0.1) is 18.5 Å².